The molecule has 1 saturated heterocycles. The van der Waals surface area contributed by atoms with E-state index in [1.807, 2.05) is 37.4 Å². The standard InChI is InChI=1S/C26H30F2N4O3/c1-30-12-8-20-22(30)29-17-32(24(20)34)16-25(35)10-13-31(14-11-25)23(33)19-7-9-26(27,28)15-21(19)18-5-3-2-4-6-18/h2-6,8,12,17,19,21,35H,7,9-11,13-16H2,1H3/t19-,21+/m0/s1. The first-order chi connectivity index (χ1) is 16.7. The Morgan fingerprint density at radius 2 is 1.86 bits per heavy atom. The van der Waals surface area contributed by atoms with Gasteiger partial charge in [-0.15, -0.1) is 0 Å². The number of fused-ring (bicyclic) bond motifs is 1. The fourth-order valence-electron chi connectivity index (χ4n) is 5.63. The summed E-state index contributed by atoms with van der Waals surface area (Å²) >= 11 is 0. The highest BCUT2D eigenvalue weighted by Crippen LogP contribution is 2.46. The molecule has 9 heteroatoms. The maximum atomic E-state index is 14.3. The molecular weight excluding hydrogens is 454 g/mol. The van der Waals surface area contributed by atoms with E-state index < -0.39 is 23.4 Å². The smallest absolute Gasteiger partial charge is 0.262 e. The van der Waals surface area contributed by atoms with Crippen molar-refractivity contribution in [2.75, 3.05) is 13.1 Å². The summed E-state index contributed by atoms with van der Waals surface area (Å²) in [6.45, 7) is 0.729. The molecule has 35 heavy (non-hydrogen) atoms. The number of carbonyl (C=O) groups excluding carboxylic acids is 1. The number of nitrogens with zero attached hydrogens (tertiary/aromatic N) is 4. The quantitative estimate of drug-likeness (QED) is 0.616. The van der Waals surface area contributed by atoms with Gasteiger partial charge in [-0.25, -0.2) is 13.8 Å². The normalized spacial score (nSPS) is 23.9. The zero-order chi connectivity index (χ0) is 24.8. The highest BCUT2D eigenvalue weighted by molar-refractivity contribution is 5.80. The molecule has 2 aromatic heterocycles. The van der Waals surface area contributed by atoms with E-state index in [1.54, 1.807) is 21.7 Å². The number of benzene rings is 1. The van der Waals surface area contributed by atoms with E-state index in [0.29, 0.717) is 37.0 Å². The minimum atomic E-state index is -2.78. The Kier molecular flexibility index (Phi) is 5.99. The first-order valence-electron chi connectivity index (χ1n) is 12.1. The third-order valence-electron chi connectivity index (χ3n) is 7.69. The van der Waals surface area contributed by atoms with Gasteiger partial charge in [-0.3, -0.25) is 14.2 Å². The lowest BCUT2D eigenvalue weighted by Gasteiger charge is -2.42. The number of carbonyl (C=O) groups is 1. The molecule has 0 radical (unpaired) electrons. The predicted octanol–water partition coefficient (Wildman–Crippen LogP) is 3.31. The molecule has 186 valence electrons. The number of aliphatic hydroxyl groups is 1. The van der Waals surface area contributed by atoms with Crippen LogP contribution in [0.1, 0.15) is 43.6 Å². The molecule has 2 aliphatic rings. The van der Waals surface area contributed by atoms with Crippen LogP contribution in [0.2, 0.25) is 0 Å². The zero-order valence-electron chi connectivity index (χ0n) is 19.7. The van der Waals surface area contributed by atoms with Crippen molar-refractivity contribution in [3.8, 4) is 0 Å². The van der Waals surface area contributed by atoms with E-state index in [2.05, 4.69) is 4.98 Å². The average molecular weight is 485 g/mol. The molecule has 1 amide bonds. The van der Waals surface area contributed by atoms with Crippen molar-refractivity contribution in [1.82, 2.24) is 19.0 Å². The highest BCUT2D eigenvalue weighted by atomic mass is 19.3. The van der Waals surface area contributed by atoms with Crippen molar-refractivity contribution in [2.45, 2.75) is 56.1 Å². The van der Waals surface area contributed by atoms with Crippen molar-refractivity contribution in [3.05, 3.63) is 64.8 Å². The number of hydrogen-bond acceptors (Lipinski definition) is 4. The number of amides is 1. The van der Waals surface area contributed by atoms with Gasteiger partial charge in [0.05, 0.1) is 17.5 Å². The molecule has 1 aliphatic carbocycles. The van der Waals surface area contributed by atoms with Gasteiger partial charge in [0.25, 0.3) is 5.56 Å². The van der Waals surface area contributed by atoms with Crippen molar-refractivity contribution >= 4 is 16.9 Å². The molecule has 1 N–H and O–H groups in total. The summed E-state index contributed by atoms with van der Waals surface area (Å²) in [5, 5.41) is 11.7. The number of rotatable bonds is 4. The van der Waals surface area contributed by atoms with Crippen LogP contribution in [0.25, 0.3) is 11.0 Å². The number of alkyl halides is 2. The second-order valence-electron chi connectivity index (χ2n) is 10.1. The minimum Gasteiger partial charge on any atom is -0.388 e. The van der Waals surface area contributed by atoms with Crippen molar-refractivity contribution in [3.63, 3.8) is 0 Å². The monoisotopic (exact) mass is 484 g/mol. The van der Waals surface area contributed by atoms with Gasteiger partial charge in [-0.05, 0) is 30.9 Å². The fourth-order valence-corrected chi connectivity index (χ4v) is 5.63. The second kappa shape index (κ2) is 8.86. The molecule has 0 unspecified atom stereocenters. The van der Waals surface area contributed by atoms with Gasteiger partial charge in [-0.2, -0.15) is 0 Å². The van der Waals surface area contributed by atoms with E-state index in [0.717, 1.165) is 5.56 Å². The maximum Gasteiger partial charge on any atom is 0.262 e. The minimum absolute atomic E-state index is 0.0913. The molecule has 0 bridgehead atoms. The lowest BCUT2D eigenvalue weighted by molar-refractivity contribution is -0.145. The van der Waals surface area contributed by atoms with Crippen LogP contribution >= 0.6 is 0 Å². The zero-order valence-corrected chi connectivity index (χ0v) is 19.7. The Morgan fingerprint density at radius 1 is 1.14 bits per heavy atom. The number of piperidine rings is 1. The topological polar surface area (TPSA) is 80.4 Å². The molecule has 3 aromatic rings. The summed E-state index contributed by atoms with van der Waals surface area (Å²) in [6.07, 6.45) is 3.35. The molecule has 1 aromatic carbocycles. The van der Waals surface area contributed by atoms with Crippen LogP contribution in [-0.2, 0) is 18.4 Å². The van der Waals surface area contributed by atoms with Crippen LogP contribution in [0.3, 0.4) is 0 Å². The predicted molar refractivity (Wildman–Crippen MR) is 127 cm³/mol. The van der Waals surface area contributed by atoms with Gasteiger partial charge in [0.1, 0.15) is 12.0 Å². The van der Waals surface area contributed by atoms with Crippen LogP contribution in [0, 0.1) is 5.92 Å². The van der Waals surface area contributed by atoms with Gasteiger partial charge >= 0.3 is 0 Å². The third kappa shape index (κ3) is 4.61. The summed E-state index contributed by atoms with van der Waals surface area (Å²) in [5.74, 6) is -3.94. The van der Waals surface area contributed by atoms with Crippen LogP contribution in [0.15, 0.2) is 53.7 Å². The molecule has 5 rings (SSSR count). The summed E-state index contributed by atoms with van der Waals surface area (Å²) in [6, 6.07) is 10.8. The molecule has 2 fully saturated rings. The Hall–Kier alpha value is -3.07. The van der Waals surface area contributed by atoms with Gasteiger partial charge in [0.15, 0.2) is 0 Å². The molecule has 2 atom stereocenters. The highest BCUT2D eigenvalue weighted by Gasteiger charge is 2.46. The number of likely N-dealkylation sites (tertiary alicyclic amines) is 1. The van der Waals surface area contributed by atoms with E-state index in [4.69, 9.17) is 0 Å². The lowest BCUT2D eigenvalue weighted by atomic mass is 9.73. The largest absolute Gasteiger partial charge is 0.388 e. The number of hydrogen-bond donors (Lipinski definition) is 1. The average Bonchev–Trinajstić information content (AvgIpc) is 3.22. The van der Waals surface area contributed by atoms with E-state index in [1.165, 1.54) is 10.9 Å². The molecule has 3 heterocycles. The molecule has 1 aliphatic heterocycles. The summed E-state index contributed by atoms with van der Waals surface area (Å²) in [4.78, 5) is 32.3. The van der Waals surface area contributed by atoms with Crippen LogP contribution < -0.4 is 5.56 Å². The van der Waals surface area contributed by atoms with Gasteiger partial charge in [0.2, 0.25) is 11.8 Å². The van der Waals surface area contributed by atoms with Gasteiger partial charge < -0.3 is 14.6 Å². The van der Waals surface area contributed by atoms with E-state index >= 15 is 0 Å². The van der Waals surface area contributed by atoms with Crippen molar-refractivity contribution < 1.29 is 18.7 Å². The third-order valence-corrected chi connectivity index (χ3v) is 7.69. The van der Waals surface area contributed by atoms with Gasteiger partial charge in [0, 0.05) is 51.0 Å². The van der Waals surface area contributed by atoms with Crippen molar-refractivity contribution in [2.24, 2.45) is 13.0 Å². The Bertz CT molecular complexity index is 1280. The first kappa shape index (κ1) is 23.7. The Labute approximate surface area is 202 Å². The molecule has 1 saturated carbocycles. The van der Waals surface area contributed by atoms with Crippen LogP contribution in [0.5, 0.6) is 0 Å². The van der Waals surface area contributed by atoms with Crippen LogP contribution in [0.4, 0.5) is 8.78 Å². The number of halogens is 2. The van der Waals surface area contributed by atoms with E-state index in [9.17, 15) is 23.5 Å². The van der Waals surface area contributed by atoms with Crippen molar-refractivity contribution in [1.29, 1.82) is 0 Å². The Balaban J connectivity index is 1.28. The van der Waals surface area contributed by atoms with E-state index in [-0.39, 0.29) is 37.3 Å². The number of aryl methyl sites for hydroxylation is 1. The summed E-state index contributed by atoms with van der Waals surface area (Å²) in [7, 11) is 1.81. The fraction of sp³-hybridized carbons (Fsp3) is 0.500. The van der Waals surface area contributed by atoms with Gasteiger partial charge in [-0.1, -0.05) is 30.3 Å². The number of aromatic nitrogens is 3. The summed E-state index contributed by atoms with van der Waals surface area (Å²) < 4.78 is 31.7. The first-order valence-corrected chi connectivity index (χ1v) is 12.1. The lowest BCUT2D eigenvalue weighted by Crippen LogP contribution is -2.52. The Morgan fingerprint density at radius 3 is 2.57 bits per heavy atom. The summed E-state index contributed by atoms with van der Waals surface area (Å²) in [5.41, 5.74) is -0.00799. The van der Waals surface area contributed by atoms with Crippen LogP contribution in [-0.4, -0.2) is 54.6 Å². The maximum absolute atomic E-state index is 14.3. The molecule has 7 nitrogen and oxygen atoms in total. The second-order valence-corrected chi connectivity index (χ2v) is 10.1. The molecular formula is C26H30F2N4O3. The SMILES string of the molecule is Cn1ccc2c(=O)n(CC3(O)CCN(C(=O)[C@H]4CCC(F)(F)C[C@@H]4c4ccccc4)CC3)cnc21. The molecule has 0 spiro atoms.